The largest absolute Gasteiger partial charge is 0.542 e. The Bertz CT molecular complexity index is 975. The first-order valence-corrected chi connectivity index (χ1v) is 15.7. The maximum Gasteiger partial charge on any atom is 0.343 e. The Morgan fingerprint density at radius 1 is 1.15 bits per heavy atom. The molecule has 2 atom stereocenters. The third kappa shape index (κ3) is 5.44. The van der Waals surface area contributed by atoms with E-state index in [1.54, 1.807) is 0 Å². The minimum absolute atomic E-state index is 0.00747. The van der Waals surface area contributed by atoms with Gasteiger partial charge in [0.05, 0.1) is 19.4 Å². The van der Waals surface area contributed by atoms with E-state index in [0.717, 1.165) is 43.5 Å². The Labute approximate surface area is 206 Å². The smallest absolute Gasteiger partial charge is 0.343 e. The molecule has 34 heavy (non-hydrogen) atoms. The fourth-order valence-corrected chi connectivity index (χ4v) is 5.62. The van der Waals surface area contributed by atoms with Crippen LogP contribution in [-0.4, -0.2) is 37.7 Å². The van der Waals surface area contributed by atoms with Gasteiger partial charge in [0.15, 0.2) is 0 Å². The van der Waals surface area contributed by atoms with E-state index >= 15 is 0 Å². The number of carbonyl (C=O) groups is 1. The molecule has 3 rings (SSSR count). The van der Waals surface area contributed by atoms with Crippen LogP contribution in [0.3, 0.4) is 0 Å². The number of hydrogen-bond donors (Lipinski definition) is 1. The van der Waals surface area contributed by atoms with Crippen LogP contribution in [-0.2, 0) is 17.7 Å². The van der Waals surface area contributed by atoms with Gasteiger partial charge in [0, 0.05) is 18.2 Å². The van der Waals surface area contributed by atoms with Crippen molar-refractivity contribution in [3.05, 3.63) is 52.8 Å². The number of unbranched alkanes of at least 4 members (excludes halogenated alkanes) is 2. The number of aromatic nitrogens is 1. The lowest BCUT2D eigenvalue weighted by Crippen LogP contribution is -2.44. The Morgan fingerprint density at radius 2 is 1.82 bits per heavy atom. The molecule has 1 N–H and O–H groups in total. The average Bonchev–Trinajstić information content (AvgIpc) is 3.53. The quantitative estimate of drug-likeness (QED) is 0.220. The molecule has 1 heterocycles. The number of rotatable bonds is 11. The molecule has 1 saturated carbocycles. The highest BCUT2D eigenvalue weighted by Crippen LogP contribution is 2.57. The molecule has 1 aromatic heterocycles. The average molecular weight is 486 g/mol. The van der Waals surface area contributed by atoms with Crippen molar-refractivity contribution in [1.29, 1.82) is 0 Å². The fraction of sp³-hybridized carbons (Fsp3) is 0.607. The number of nitrogens with zero attached hydrogens (tertiary/aromatic N) is 1. The highest BCUT2D eigenvalue weighted by atomic mass is 28.4. The molecule has 0 radical (unpaired) electrons. The van der Waals surface area contributed by atoms with Crippen LogP contribution in [0.25, 0.3) is 0 Å². The summed E-state index contributed by atoms with van der Waals surface area (Å²) in [6.45, 7) is 13.8. The van der Waals surface area contributed by atoms with Gasteiger partial charge in [-0.3, -0.25) is 0 Å². The molecule has 0 amide bonds. The molecular formula is C28H43NO4Si. The SMILES string of the molecule is CCCCCc1c(O[Si](C)(C)C(C)(C)C)c(C(=O)OC)c([C@H]2C[C@@H]2c2ccccc2)n1CCO. The van der Waals surface area contributed by atoms with Crippen LogP contribution in [0, 0.1) is 0 Å². The Hall–Kier alpha value is -2.05. The molecule has 0 bridgehead atoms. The van der Waals surface area contributed by atoms with Gasteiger partial charge >= 0.3 is 5.97 Å². The van der Waals surface area contributed by atoms with Crippen LogP contribution in [0.5, 0.6) is 5.75 Å². The first kappa shape index (κ1) is 26.5. The Morgan fingerprint density at radius 3 is 2.38 bits per heavy atom. The minimum atomic E-state index is -2.23. The van der Waals surface area contributed by atoms with Gasteiger partial charge in [0.1, 0.15) is 11.3 Å². The molecule has 6 heteroatoms. The third-order valence-electron chi connectivity index (χ3n) is 7.62. The standard InChI is InChI=1S/C28H43NO4Si/c1-8-9-11-16-23-26(33-34(6,7)28(2,3)4)24(27(31)32-5)25(29(23)17-18-30)22-19-21(22)20-14-12-10-13-15-20/h10,12-15,21-22,30H,8-9,11,16-19H2,1-7H3/t21-,22+/m1/s1. The molecule has 1 aliphatic carbocycles. The molecule has 2 aromatic rings. The summed E-state index contributed by atoms with van der Waals surface area (Å²) in [6.07, 6.45) is 5.06. The molecule has 0 aliphatic heterocycles. The second-order valence-corrected chi connectivity index (χ2v) is 15.8. The van der Waals surface area contributed by atoms with Crippen molar-refractivity contribution in [1.82, 2.24) is 4.57 Å². The van der Waals surface area contributed by atoms with Crippen LogP contribution in [0.15, 0.2) is 30.3 Å². The van der Waals surface area contributed by atoms with Crippen molar-refractivity contribution < 1.29 is 19.1 Å². The molecule has 1 aliphatic rings. The van der Waals surface area contributed by atoms with E-state index < -0.39 is 8.32 Å². The van der Waals surface area contributed by atoms with Crippen LogP contribution in [0.1, 0.15) is 92.5 Å². The number of methoxy groups -OCH3 is 1. The first-order chi connectivity index (χ1) is 16.1. The van der Waals surface area contributed by atoms with Crippen molar-refractivity contribution in [2.45, 2.75) is 96.3 Å². The van der Waals surface area contributed by atoms with Crippen molar-refractivity contribution in [2.24, 2.45) is 0 Å². The van der Waals surface area contributed by atoms with Crippen molar-refractivity contribution >= 4 is 14.3 Å². The number of carbonyl (C=O) groups excluding carboxylic acids is 1. The minimum Gasteiger partial charge on any atom is -0.542 e. The van der Waals surface area contributed by atoms with Gasteiger partial charge in [0.2, 0.25) is 0 Å². The van der Waals surface area contributed by atoms with Gasteiger partial charge in [0.25, 0.3) is 8.32 Å². The van der Waals surface area contributed by atoms with Crippen LogP contribution in [0.4, 0.5) is 0 Å². The van der Waals surface area contributed by atoms with E-state index in [9.17, 15) is 9.90 Å². The summed E-state index contributed by atoms with van der Waals surface area (Å²) in [6, 6.07) is 10.5. The van der Waals surface area contributed by atoms with E-state index in [1.807, 2.05) is 6.07 Å². The van der Waals surface area contributed by atoms with Gasteiger partial charge in [-0.2, -0.15) is 0 Å². The Balaban J connectivity index is 2.19. The Kier molecular flexibility index (Phi) is 8.35. The fourth-order valence-electron chi connectivity index (χ4n) is 4.58. The third-order valence-corrected chi connectivity index (χ3v) is 12.0. The number of esters is 1. The lowest BCUT2D eigenvalue weighted by Gasteiger charge is -2.36. The molecule has 1 aromatic carbocycles. The highest BCUT2D eigenvalue weighted by Gasteiger charge is 2.47. The van der Waals surface area contributed by atoms with E-state index in [4.69, 9.17) is 9.16 Å². The van der Waals surface area contributed by atoms with Gasteiger partial charge < -0.3 is 18.8 Å². The predicted octanol–water partition coefficient (Wildman–Crippen LogP) is 6.65. The second-order valence-electron chi connectivity index (χ2n) is 11.1. The molecule has 5 nitrogen and oxygen atoms in total. The number of aliphatic hydroxyl groups excluding tert-OH is 1. The van der Waals surface area contributed by atoms with E-state index in [-0.39, 0.29) is 23.5 Å². The lowest BCUT2D eigenvalue weighted by molar-refractivity contribution is 0.0597. The summed E-state index contributed by atoms with van der Waals surface area (Å²) in [4.78, 5) is 13.3. The summed E-state index contributed by atoms with van der Waals surface area (Å²) in [5, 5.41) is 10.0. The van der Waals surface area contributed by atoms with Gasteiger partial charge in [-0.05, 0) is 48.9 Å². The zero-order valence-electron chi connectivity index (χ0n) is 22.1. The molecule has 0 spiro atoms. The summed E-state index contributed by atoms with van der Waals surface area (Å²) in [7, 11) is -0.778. The van der Waals surface area contributed by atoms with Crippen LogP contribution in [0.2, 0.25) is 18.1 Å². The second kappa shape index (κ2) is 10.7. The van der Waals surface area contributed by atoms with E-state index in [1.165, 1.54) is 12.7 Å². The predicted molar refractivity (Wildman–Crippen MR) is 140 cm³/mol. The van der Waals surface area contributed by atoms with E-state index in [0.29, 0.717) is 23.8 Å². The van der Waals surface area contributed by atoms with Gasteiger partial charge in [-0.1, -0.05) is 70.9 Å². The summed E-state index contributed by atoms with van der Waals surface area (Å²) >= 11 is 0. The first-order valence-electron chi connectivity index (χ1n) is 12.8. The molecule has 188 valence electrons. The summed E-state index contributed by atoms with van der Waals surface area (Å²) in [5.74, 6) is 0.943. The zero-order chi connectivity index (χ0) is 25.1. The maximum absolute atomic E-state index is 13.3. The summed E-state index contributed by atoms with van der Waals surface area (Å²) < 4.78 is 14.4. The van der Waals surface area contributed by atoms with Gasteiger partial charge in [-0.15, -0.1) is 0 Å². The number of benzene rings is 1. The monoisotopic (exact) mass is 485 g/mol. The molecule has 0 saturated heterocycles. The molecule has 1 fully saturated rings. The van der Waals surface area contributed by atoms with E-state index in [2.05, 4.69) is 69.6 Å². The van der Waals surface area contributed by atoms with Crippen LogP contribution >= 0.6 is 0 Å². The number of hydrogen-bond acceptors (Lipinski definition) is 4. The van der Waals surface area contributed by atoms with Crippen LogP contribution < -0.4 is 4.43 Å². The topological polar surface area (TPSA) is 60.7 Å². The van der Waals surface area contributed by atoms with Gasteiger partial charge in [-0.25, -0.2) is 4.79 Å². The molecule has 0 unspecified atom stereocenters. The lowest BCUT2D eigenvalue weighted by atomic mass is 10.1. The van der Waals surface area contributed by atoms with Crippen molar-refractivity contribution in [3.63, 3.8) is 0 Å². The molecular weight excluding hydrogens is 442 g/mol. The summed E-state index contributed by atoms with van der Waals surface area (Å²) in [5.41, 5.74) is 3.89. The van der Waals surface area contributed by atoms with Crippen molar-refractivity contribution in [3.8, 4) is 5.75 Å². The maximum atomic E-state index is 13.3. The normalized spacial score (nSPS) is 18.1. The number of aliphatic hydroxyl groups is 1. The highest BCUT2D eigenvalue weighted by molar-refractivity contribution is 6.74. The zero-order valence-corrected chi connectivity index (χ0v) is 23.1. The number of ether oxygens (including phenoxy) is 1. The van der Waals surface area contributed by atoms with Crippen molar-refractivity contribution in [2.75, 3.05) is 13.7 Å².